The lowest BCUT2D eigenvalue weighted by molar-refractivity contribution is 0.836. The predicted molar refractivity (Wildman–Crippen MR) is 117 cm³/mol. The summed E-state index contributed by atoms with van der Waals surface area (Å²) in [5.74, 6) is 1.72. The fraction of sp³-hybridized carbons (Fsp3) is 0.136. The monoisotopic (exact) mass is 414 g/mol. The van der Waals surface area contributed by atoms with Crippen LogP contribution in [0, 0.1) is 13.8 Å². The average Bonchev–Trinajstić information content (AvgIpc) is 3.22. The molecule has 0 aliphatic heterocycles. The summed E-state index contributed by atoms with van der Waals surface area (Å²) in [6, 6.07) is 15.5. The maximum absolute atomic E-state index is 13.6. The van der Waals surface area contributed by atoms with Gasteiger partial charge < -0.3 is 0 Å². The largest absolute Gasteiger partial charge is 0.268 e. The highest BCUT2D eigenvalue weighted by atomic mass is 32.2. The van der Waals surface area contributed by atoms with Gasteiger partial charge in [-0.05, 0) is 43.2 Å². The van der Waals surface area contributed by atoms with Crippen molar-refractivity contribution in [2.24, 2.45) is 0 Å². The van der Waals surface area contributed by atoms with Crippen LogP contribution in [-0.4, -0.2) is 29.1 Å². The van der Waals surface area contributed by atoms with E-state index in [0.717, 1.165) is 21.8 Å². The van der Waals surface area contributed by atoms with Crippen LogP contribution >= 0.6 is 11.8 Å². The Bertz CT molecular complexity index is 1460. The molecule has 0 saturated heterocycles. The molecule has 0 saturated carbocycles. The highest BCUT2D eigenvalue weighted by Crippen LogP contribution is 2.25. The van der Waals surface area contributed by atoms with Crippen LogP contribution in [0.15, 0.2) is 70.9 Å². The number of thioether (sulfide) groups is 1. The Kier molecular flexibility index (Phi) is 4.55. The van der Waals surface area contributed by atoms with Crippen LogP contribution in [0.1, 0.15) is 17.0 Å². The van der Waals surface area contributed by atoms with Crippen LogP contribution in [-0.2, 0) is 5.75 Å². The molecule has 0 fully saturated rings. The van der Waals surface area contributed by atoms with Crippen molar-refractivity contribution in [2.45, 2.75) is 24.6 Å². The van der Waals surface area contributed by atoms with Crippen molar-refractivity contribution in [1.29, 1.82) is 0 Å². The second kappa shape index (κ2) is 7.38. The van der Waals surface area contributed by atoms with E-state index in [1.807, 2.05) is 62.4 Å². The summed E-state index contributed by atoms with van der Waals surface area (Å²) in [7, 11) is 0. The van der Waals surface area contributed by atoms with E-state index in [2.05, 4.69) is 15.1 Å². The topological polar surface area (TPSA) is 78.0 Å². The first-order valence-corrected chi connectivity index (χ1v) is 10.5. The number of nitrogens with zero attached hydrogens (tertiary/aromatic N) is 6. The lowest BCUT2D eigenvalue weighted by Crippen LogP contribution is -2.25. The van der Waals surface area contributed by atoms with Crippen LogP contribution in [0.2, 0.25) is 0 Å². The van der Waals surface area contributed by atoms with Crippen molar-refractivity contribution >= 4 is 28.4 Å². The number of hydrogen-bond acceptors (Lipinski definition) is 6. The van der Waals surface area contributed by atoms with E-state index >= 15 is 0 Å². The summed E-state index contributed by atoms with van der Waals surface area (Å²) in [6.07, 6.45) is 3.19. The van der Waals surface area contributed by atoms with Crippen LogP contribution in [0.4, 0.5) is 0 Å². The third kappa shape index (κ3) is 3.05. The molecule has 0 unspecified atom stereocenters. The molecule has 7 nitrogen and oxygen atoms in total. The molecule has 8 heteroatoms. The second-order valence-electron chi connectivity index (χ2n) is 6.97. The molecule has 3 heterocycles. The minimum Gasteiger partial charge on any atom is -0.268 e. The second-order valence-corrected chi connectivity index (χ2v) is 7.96. The number of para-hydroxylation sites is 1. The van der Waals surface area contributed by atoms with E-state index < -0.39 is 0 Å². The van der Waals surface area contributed by atoms with E-state index in [-0.39, 0.29) is 5.56 Å². The van der Waals surface area contributed by atoms with E-state index in [0.29, 0.717) is 28.3 Å². The number of rotatable bonds is 4. The van der Waals surface area contributed by atoms with Gasteiger partial charge in [-0.1, -0.05) is 42.1 Å². The number of hydrogen-bond donors (Lipinski definition) is 0. The molecule has 0 spiro atoms. The molecule has 2 aromatic carbocycles. The summed E-state index contributed by atoms with van der Waals surface area (Å²) in [4.78, 5) is 26.8. The number of aryl methyl sites for hydroxylation is 2. The van der Waals surface area contributed by atoms with Gasteiger partial charge in [0.05, 0.1) is 22.3 Å². The number of fused-ring (bicyclic) bond motifs is 2. The van der Waals surface area contributed by atoms with Crippen molar-refractivity contribution in [3.63, 3.8) is 0 Å². The Morgan fingerprint density at radius 2 is 1.80 bits per heavy atom. The van der Waals surface area contributed by atoms with Crippen molar-refractivity contribution in [1.82, 2.24) is 29.1 Å². The quantitative estimate of drug-likeness (QED) is 0.329. The molecule has 148 valence electrons. The van der Waals surface area contributed by atoms with Gasteiger partial charge in [-0.2, -0.15) is 14.6 Å². The molecule has 0 amide bonds. The molecule has 3 aromatic heterocycles. The third-order valence-electron chi connectivity index (χ3n) is 5.03. The molecule has 0 aliphatic carbocycles. The minimum atomic E-state index is -0.0522. The smallest absolute Gasteiger partial charge is 0.266 e. The standard InChI is InChI=1S/C22H18N6OS/c1-14-6-3-4-9-17(14)27-18(26-16-8-5-7-15(2)20(16)21(27)29)12-30-19-10-11-23-22-24-13-25-28(19)22/h3-11,13H,12H2,1-2H3. The van der Waals surface area contributed by atoms with Gasteiger partial charge in [0.15, 0.2) is 0 Å². The van der Waals surface area contributed by atoms with Crippen LogP contribution in [0.3, 0.4) is 0 Å². The van der Waals surface area contributed by atoms with Crippen molar-refractivity contribution in [3.05, 3.63) is 88.4 Å². The lowest BCUT2D eigenvalue weighted by Gasteiger charge is -2.16. The molecular formula is C22H18N6OS. The zero-order valence-corrected chi connectivity index (χ0v) is 17.3. The summed E-state index contributed by atoms with van der Waals surface area (Å²) < 4.78 is 3.42. The van der Waals surface area contributed by atoms with Gasteiger partial charge in [-0.3, -0.25) is 9.36 Å². The van der Waals surface area contributed by atoms with E-state index in [1.54, 1.807) is 27.0 Å². The Hall–Kier alpha value is -3.52. The normalized spacial score (nSPS) is 11.4. The van der Waals surface area contributed by atoms with Crippen LogP contribution < -0.4 is 5.56 Å². The molecule has 5 aromatic rings. The van der Waals surface area contributed by atoms with Gasteiger partial charge in [-0.15, -0.1) is 0 Å². The van der Waals surface area contributed by atoms with Gasteiger partial charge in [0.2, 0.25) is 0 Å². The summed E-state index contributed by atoms with van der Waals surface area (Å²) >= 11 is 1.54. The molecule has 0 N–H and O–H groups in total. The van der Waals surface area contributed by atoms with Crippen molar-refractivity contribution in [2.75, 3.05) is 0 Å². The van der Waals surface area contributed by atoms with Gasteiger partial charge >= 0.3 is 0 Å². The lowest BCUT2D eigenvalue weighted by atomic mass is 10.1. The van der Waals surface area contributed by atoms with Crippen LogP contribution in [0.25, 0.3) is 22.4 Å². The molecule has 0 radical (unpaired) electrons. The molecule has 30 heavy (non-hydrogen) atoms. The highest BCUT2D eigenvalue weighted by molar-refractivity contribution is 7.98. The zero-order valence-electron chi connectivity index (χ0n) is 16.5. The Balaban J connectivity index is 1.69. The first-order valence-electron chi connectivity index (χ1n) is 9.48. The van der Waals surface area contributed by atoms with Gasteiger partial charge in [0.1, 0.15) is 17.2 Å². The fourth-order valence-electron chi connectivity index (χ4n) is 3.57. The summed E-state index contributed by atoms with van der Waals surface area (Å²) in [5, 5.41) is 5.77. The maximum Gasteiger partial charge on any atom is 0.266 e. The molecule has 5 rings (SSSR count). The Morgan fingerprint density at radius 3 is 2.67 bits per heavy atom. The Morgan fingerprint density at radius 1 is 0.967 bits per heavy atom. The zero-order chi connectivity index (χ0) is 20.7. The SMILES string of the molecule is Cc1ccccc1-n1c(CSc2ccnc3ncnn23)nc2cccc(C)c2c1=O. The molecule has 0 bridgehead atoms. The van der Waals surface area contributed by atoms with E-state index in [9.17, 15) is 4.79 Å². The highest BCUT2D eigenvalue weighted by Gasteiger charge is 2.16. The van der Waals surface area contributed by atoms with Gasteiger partial charge in [-0.25, -0.2) is 9.97 Å². The predicted octanol–water partition coefficient (Wildman–Crippen LogP) is 3.73. The number of benzene rings is 2. The minimum absolute atomic E-state index is 0.0522. The summed E-state index contributed by atoms with van der Waals surface area (Å²) in [6.45, 7) is 3.95. The molecule has 0 atom stereocenters. The summed E-state index contributed by atoms with van der Waals surface area (Å²) in [5.41, 5.74) is 3.44. The molecule has 0 aliphatic rings. The van der Waals surface area contributed by atoms with E-state index in [1.165, 1.54) is 6.33 Å². The first kappa shape index (κ1) is 18.5. The van der Waals surface area contributed by atoms with Crippen molar-refractivity contribution < 1.29 is 0 Å². The fourth-order valence-corrected chi connectivity index (χ4v) is 4.45. The van der Waals surface area contributed by atoms with Crippen LogP contribution in [0.5, 0.6) is 0 Å². The van der Waals surface area contributed by atoms with Crippen molar-refractivity contribution in [3.8, 4) is 5.69 Å². The number of aromatic nitrogens is 6. The van der Waals surface area contributed by atoms with E-state index in [4.69, 9.17) is 4.98 Å². The maximum atomic E-state index is 13.6. The van der Waals surface area contributed by atoms with Gasteiger partial charge in [0.25, 0.3) is 11.3 Å². The Labute approximate surface area is 176 Å². The average molecular weight is 414 g/mol. The van der Waals surface area contributed by atoms with Gasteiger partial charge in [0, 0.05) is 6.20 Å². The first-order chi connectivity index (χ1) is 14.6. The molecular weight excluding hydrogens is 396 g/mol. The third-order valence-corrected chi connectivity index (χ3v) is 6.03.